The summed E-state index contributed by atoms with van der Waals surface area (Å²) in [7, 11) is 0.0353. The van der Waals surface area contributed by atoms with Crippen LogP contribution in [0.3, 0.4) is 0 Å². The average Bonchev–Trinajstić information content (AvgIpc) is 3.82. The van der Waals surface area contributed by atoms with Gasteiger partial charge in [0.1, 0.15) is 18.9 Å². The maximum absolute atomic E-state index is 12.9. The van der Waals surface area contributed by atoms with Crippen LogP contribution < -0.4 is 14.8 Å². The van der Waals surface area contributed by atoms with Crippen LogP contribution in [-0.2, 0) is 41.6 Å². The predicted molar refractivity (Wildman–Crippen MR) is 172 cm³/mol. The molecule has 46 heavy (non-hydrogen) atoms. The lowest BCUT2D eigenvalue weighted by Crippen LogP contribution is -2.51. The Morgan fingerprint density at radius 3 is 2.30 bits per heavy atom. The smallest absolute Gasteiger partial charge is 0.410 e. The van der Waals surface area contributed by atoms with Gasteiger partial charge < -0.3 is 24.4 Å². The molecule has 5 rings (SSSR count). The van der Waals surface area contributed by atoms with Gasteiger partial charge in [-0.25, -0.2) is 13.2 Å². The molecule has 1 saturated carbocycles. The Morgan fingerprint density at radius 1 is 1.00 bits per heavy atom. The van der Waals surface area contributed by atoms with Gasteiger partial charge >= 0.3 is 6.09 Å². The Balaban J connectivity index is 1.08. The van der Waals surface area contributed by atoms with Crippen LogP contribution in [0.25, 0.3) is 0 Å². The standard InChI is InChI=1S/C33H43N5O7S/c1-23(2)22-46(41,42)38-16-14-37(15-17-38)33(40)45-21-25-10-8-24(9-11-25)20-44-30-7-5-6-27(31(30)43-4)19-34-32(39)29-18-28(26-12-13-26)35-36(29)3/h5-11,18,23,26H,12-17,19-22H2,1-4H3,(H,34,39). The van der Waals surface area contributed by atoms with Gasteiger partial charge in [-0.1, -0.05) is 50.2 Å². The summed E-state index contributed by atoms with van der Waals surface area (Å²) in [6.45, 7) is 5.55. The van der Waals surface area contributed by atoms with Gasteiger partial charge in [0.25, 0.3) is 5.91 Å². The van der Waals surface area contributed by atoms with Crippen molar-refractivity contribution in [2.45, 2.75) is 52.4 Å². The number of carbonyl (C=O) groups is 2. The SMILES string of the molecule is COc1c(CNC(=O)c2cc(C3CC3)nn2C)cccc1OCc1ccc(COC(=O)N2CCN(S(=O)(=O)CC(C)C)CC2)cc1. The lowest BCUT2D eigenvalue weighted by molar-refractivity contribution is 0.0837. The summed E-state index contributed by atoms with van der Waals surface area (Å²) in [5, 5.41) is 7.44. The van der Waals surface area contributed by atoms with E-state index in [0.29, 0.717) is 36.2 Å². The van der Waals surface area contributed by atoms with E-state index in [9.17, 15) is 18.0 Å². The molecule has 248 valence electrons. The van der Waals surface area contributed by atoms with Crippen molar-refractivity contribution in [1.29, 1.82) is 0 Å². The second kappa shape index (κ2) is 14.5. The number of methoxy groups -OCH3 is 1. The van der Waals surface area contributed by atoms with Gasteiger partial charge in [0.15, 0.2) is 11.5 Å². The number of hydrogen-bond donors (Lipinski definition) is 1. The van der Waals surface area contributed by atoms with Crippen LogP contribution in [0.5, 0.6) is 11.5 Å². The number of ether oxygens (including phenoxy) is 3. The number of aryl methyl sites for hydroxylation is 1. The van der Waals surface area contributed by atoms with Gasteiger partial charge in [-0.2, -0.15) is 9.40 Å². The fourth-order valence-corrected chi connectivity index (χ4v) is 7.17. The highest BCUT2D eigenvalue weighted by molar-refractivity contribution is 7.89. The lowest BCUT2D eigenvalue weighted by atomic mass is 10.1. The van der Waals surface area contributed by atoms with Crippen LogP contribution in [0.4, 0.5) is 4.79 Å². The van der Waals surface area contributed by atoms with E-state index >= 15 is 0 Å². The number of nitrogens with zero attached hydrogens (tertiary/aromatic N) is 4. The van der Waals surface area contributed by atoms with Gasteiger partial charge in [0, 0.05) is 51.3 Å². The summed E-state index contributed by atoms with van der Waals surface area (Å²) in [4.78, 5) is 27.0. The normalized spacial score (nSPS) is 15.5. The van der Waals surface area contributed by atoms with E-state index in [4.69, 9.17) is 14.2 Å². The summed E-state index contributed by atoms with van der Waals surface area (Å²) >= 11 is 0. The number of amides is 2. The van der Waals surface area contributed by atoms with Crippen LogP contribution in [0.1, 0.15) is 65.5 Å². The quantitative estimate of drug-likeness (QED) is 0.292. The summed E-state index contributed by atoms with van der Waals surface area (Å²) in [5.41, 5.74) is 4.02. The minimum atomic E-state index is -3.32. The third-order valence-corrected chi connectivity index (χ3v) is 10.3. The van der Waals surface area contributed by atoms with Crippen LogP contribution >= 0.6 is 0 Å². The molecule has 2 aromatic carbocycles. The molecular weight excluding hydrogens is 610 g/mol. The van der Waals surface area contributed by atoms with Crippen molar-refractivity contribution in [3.63, 3.8) is 0 Å². The number of rotatable bonds is 13. The Labute approximate surface area is 270 Å². The van der Waals surface area contributed by atoms with Gasteiger partial charge in [0.05, 0.1) is 18.6 Å². The minimum Gasteiger partial charge on any atom is -0.493 e. The van der Waals surface area contributed by atoms with Gasteiger partial charge in [0.2, 0.25) is 10.0 Å². The van der Waals surface area contributed by atoms with E-state index in [2.05, 4.69) is 10.4 Å². The van der Waals surface area contributed by atoms with E-state index in [1.807, 2.05) is 62.4 Å². The van der Waals surface area contributed by atoms with E-state index in [-0.39, 0.29) is 50.4 Å². The van der Waals surface area contributed by atoms with Crippen molar-refractivity contribution < 1.29 is 32.2 Å². The molecule has 3 aromatic rings. The van der Waals surface area contributed by atoms with Crippen molar-refractivity contribution in [3.05, 3.63) is 76.6 Å². The number of hydrogen-bond acceptors (Lipinski definition) is 8. The zero-order valence-corrected chi connectivity index (χ0v) is 27.7. The van der Waals surface area contributed by atoms with Crippen molar-refractivity contribution >= 4 is 22.0 Å². The Bertz CT molecular complexity index is 1630. The third-order valence-electron chi connectivity index (χ3n) is 8.04. The van der Waals surface area contributed by atoms with E-state index < -0.39 is 16.1 Å². The van der Waals surface area contributed by atoms with Gasteiger partial charge in [-0.3, -0.25) is 9.48 Å². The highest BCUT2D eigenvalue weighted by Crippen LogP contribution is 2.39. The first kappa shape index (κ1) is 33.3. The minimum absolute atomic E-state index is 0.0456. The molecule has 0 spiro atoms. The summed E-state index contributed by atoms with van der Waals surface area (Å²) in [6, 6.07) is 15.0. The first-order valence-corrected chi connectivity index (χ1v) is 17.2. The maximum Gasteiger partial charge on any atom is 0.410 e. The molecule has 0 bridgehead atoms. The fraction of sp³-hybridized carbons (Fsp3) is 0.485. The van der Waals surface area contributed by atoms with Crippen LogP contribution in [0, 0.1) is 5.92 Å². The molecular formula is C33H43N5O7S. The molecule has 2 fully saturated rings. The largest absolute Gasteiger partial charge is 0.493 e. The van der Waals surface area contributed by atoms with Crippen molar-refractivity contribution in [3.8, 4) is 11.5 Å². The molecule has 1 aromatic heterocycles. The van der Waals surface area contributed by atoms with E-state index in [0.717, 1.165) is 35.2 Å². The first-order valence-electron chi connectivity index (χ1n) is 15.6. The highest BCUT2D eigenvalue weighted by atomic mass is 32.2. The molecule has 1 aliphatic heterocycles. The topological polar surface area (TPSA) is 132 Å². The molecule has 13 heteroatoms. The second-order valence-electron chi connectivity index (χ2n) is 12.2. The molecule has 2 amide bonds. The Hall–Kier alpha value is -4.10. The summed E-state index contributed by atoms with van der Waals surface area (Å²) in [5.74, 6) is 1.53. The monoisotopic (exact) mass is 653 g/mol. The fourth-order valence-electron chi connectivity index (χ4n) is 5.40. The molecule has 0 unspecified atom stereocenters. The molecule has 1 aliphatic carbocycles. The van der Waals surface area contributed by atoms with Crippen LogP contribution in [0.15, 0.2) is 48.5 Å². The average molecular weight is 654 g/mol. The molecule has 0 atom stereocenters. The zero-order chi connectivity index (χ0) is 32.8. The maximum atomic E-state index is 12.9. The molecule has 2 aliphatic rings. The number of nitrogens with one attached hydrogen (secondary N) is 1. The van der Waals surface area contributed by atoms with E-state index in [1.165, 1.54) is 4.31 Å². The lowest BCUT2D eigenvalue weighted by Gasteiger charge is -2.33. The number of benzene rings is 2. The van der Waals surface area contributed by atoms with Gasteiger partial charge in [-0.15, -0.1) is 0 Å². The van der Waals surface area contributed by atoms with Crippen molar-refractivity contribution in [2.75, 3.05) is 39.0 Å². The summed E-state index contributed by atoms with van der Waals surface area (Å²) in [6.07, 6.45) is 1.79. The number of aromatic nitrogens is 2. The number of para-hydroxylation sites is 1. The van der Waals surface area contributed by atoms with Crippen molar-refractivity contribution in [2.24, 2.45) is 13.0 Å². The number of carbonyl (C=O) groups excluding carboxylic acids is 2. The Morgan fingerprint density at radius 2 is 1.67 bits per heavy atom. The highest BCUT2D eigenvalue weighted by Gasteiger charge is 2.30. The molecule has 1 N–H and O–H groups in total. The molecule has 12 nitrogen and oxygen atoms in total. The van der Waals surface area contributed by atoms with E-state index in [1.54, 1.807) is 23.7 Å². The van der Waals surface area contributed by atoms with Crippen LogP contribution in [0.2, 0.25) is 0 Å². The number of piperazine rings is 1. The zero-order valence-electron chi connectivity index (χ0n) is 26.9. The summed E-state index contributed by atoms with van der Waals surface area (Å²) < 4.78 is 45.2. The van der Waals surface area contributed by atoms with Crippen molar-refractivity contribution in [1.82, 2.24) is 24.3 Å². The molecule has 0 radical (unpaired) electrons. The predicted octanol–water partition coefficient (Wildman–Crippen LogP) is 4.06. The van der Waals surface area contributed by atoms with Gasteiger partial charge in [-0.05, 0) is 42.0 Å². The third kappa shape index (κ3) is 8.38. The molecule has 1 saturated heterocycles. The van der Waals surface area contributed by atoms with Crippen LogP contribution in [-0.4, -0.2) is 78.4 Å². The molecule has 2 heterocycles. The second-order valence-corrected chi connectivity index (χ2v) is 14.2. The Kier molecular flexibility index (Phi) is 10.5. The first-order chi connectivity index (χ1) is 22.0. The number of sulfonamides is 1.